The van der Waals surface area contributed by atoms with E-state index in [2.05, 4.69) is 5.32 Å². The molecule has 1 aliphatic heterocycles. The second-order valence-corrected chi connectivity index (χ2v) is 5.25. The van der Waals surface area contributed by atoms with E-state index in [9.17, 15) is 9.18 Å². The summed E-state index contributed by atoms with van der Waals surface area (Å²) in [6.07, 6.45) is 1.51. The molecule has 1 N–H and O–H groups in total. The van der Waals surface area contributed by atoms with E-state index in [1.807, 2.05) is 13.8 Å². The minimum absolute atomic E-state index is 0.0425. The Bertz CT molecular complexity index is 445. The summed E-state index contributed by atoms with van der Waals surface area (Å²) in [6, 6.07) is 6.06. The van der Waals surface area contributed by atoms with Gasteiger partial charge in [-0.1, -0.05) is 12.1 Å². The van der Waals surface area contributed by atoms with Gasteiger partial charge in [-0.15, -0.1) is 0 Å². The van der Waals surface area contributed by atoms with Crippen molar-refractivity contribution in [2.24, 2.45) is 0 Å². The highest BCUT2D eigenvalue weighted by molar-refractivity contribution is 5.94. The second-order valence-electron chi connectivity index (χ2n) is 5.25. The van der Waals surface area contributed by atoms with E-state index in [0.717, 1.165) is 12.8 Å². The molecule has 1 saturated heterocycles. The molecule has 4 heteroatoms. The van der Waals surface area contributed by atoms with Crippen molar-refractivity contribution >= 4 is 5.91 Å². The summed E-state index contributed by atoms with van der Waals surface area (Å²) in [4.78, 5) is 12.0. The normalized spacial score (nSPS) is 22.5. The molecule has 1 atom stereocenters. The summed E-state index contributed by atoms with van der Waals surface area (Å²) < 4.78 is 19.0. The van der Waals surface area contributed by atoms with Crippen molar-refractivity contribution < 1.29 is 13.9 Å². The quantitative estimate of drug-likeness (QED) is 0.877. The molecule has 1 aromatic rings. The number of nitrogens with one attached hydrogen (secondary N) is 1. The van der Waals surface area contributed by atoms with E-state index < -0.39 is 5.82 Å². The number of rotatable bonds is 2. The van der Waals surface area contributed by atoms with Crippen LogP contribution in [0.5, 0.6) is 0 Å². The predicted octanol–water partition coefficient (Wildman–Crippen LogP) is 2.51. The van der Waals surface area contributed by atoms with Gasteiger partial charge in [0.25, 0.3) is 5.91 Å². The molecule has 1 amide bonds. The number of carbonyl (C=O) groups excluding carboxylic acids is 1. The number of amides is 1. The molecule has 2 rings (SSSR count). The molecule has 3 nitrogen and oxygen atoms in total. The lowest BCUT2D eigenvalue weighted by Gasteiger charge is -2.35. The zero-order valence-electron chi connectivity index (χ0n) is 10.7. The van der Waals surface area contributed by atoms with Crippen LogP contribution in [0, 0.1) is 5.82 Å². The topological polar surface area (TPSA) is 38.3 Å². The molecule has 1 heterocycles. The van der Waals surface area contributed by atoms with Crippen LogP contribution in [0.3, 0.4) is 0 Å². The van der Waals surface area contributed by atoms with Crippen molar-refractivity contribution in [2.45, 2.75) is 38.3 Å². The predicted molar refractivity (Wildman–Crippen MR) is 66.9 cm³/mol. The second kappa shape index (κ2) is 5.06. The zero-order chi connectivity index (χ0) is 13.2. The number of benzene rings is 1. The minimum atomic E-state index is -0.485. The molecule has 0 aromatic heterocycles. The fourth-order valence-corrected chi connectivity index (χ4v) is 2.26. The van der Waals surface area contributed by atoms with Gasteiger partial charge >= 0.3 is 0 Å². The monoisotopic (exact) mass is 251 g/mol. The van der Waals surface area contributed by atoms with Crippen LogP contribution in [-0.4, -0.2) is 24.2 Å². The maximum atomic E-state index is 13.5. The first-order valence-electron chi connectivity index (χ1n) is 6.17. The summed E-state index contributed by atoms with van der Waals surface area (Å²) in [5.74, 6) is -0.836. The van der Waals surface area contributed by atoms with Crippen LogP contribution in [0.2, 0.25) is 0 Å². The summed E-state index contributed by atoms with van der Waals surface area (Å²) in [5, 5.41) is 2.87. The molecule has 0 aliphatic carbocycles. The van der Waals surface area contributed by atoms with E-state index in [1.54, 1.807) is 12.1 Å². The van der Waals surface area contributed by atoms with Gasteiger partial charge in [-0.25, -0.2) is 4.39 Å². The van der Waals surface area contributed by atoms with Crippen molar-refractivity contribution in [2.75, 3.05) is 6.61 Å². The van der Waals surface area contributed by atoms with Gasteiger partial charge in [-0.2, -0.15) is 0 Å². The minimum Gasteiger partial charge on any atom is -0.375 e. The number of carbonyl (C=O) groups is 1. The van der Waals surface area contributed by atoms with Gasteiger partial charge < -0.3 is 10.1 Å². The van der Waals surface area contributed by atoms with E-state index in [1.165, 1.54) is 12.1 Å². The number of hydrogen-bond donors (Lipinski definition) is 1. The standard InChI is InChI=1S/C14H18FNO2/c1-14(2)9-10(7-8-18-14)16-13(17)11-5-3-4-6-12(11)15/h3-6,10H,7-9H2,1-2H3,(H,16,17). The highest BCUT2D eigenvalue weighted by Gasteiger charge is 2.30. The van der Waals surface area contributed by atoms with Gasteiger partial charge in [0, 0.05) is 12.6 Å². The molecule has 0 saturated carbocycles. The SMILES string of the molecule is CC1(C)CC(NC(=O)c2ccccc2F)CCO1. The van der Waals surface area contributed by atoms with Crippen LogP contribution in [0.15, 0.2) is 24.3 Å². The number of hydrogen-bond acceptors (Lipinski definition) is 2. The number of ether oxygens (including phenoxy) is 1. The average molecular weight is 251 g/mol. The highest BCUT2D eigenvalue weighted by atomic mass is 19.1. The molecule has 98 valence electrons. The van der Waals surface area contributed by atoms with Crippen LogP contribution in [0.4, 0.5) is 4.39 Å². The lowest BCUT2D eigenvalue weighted by Crippen LogP contribution is -2.45. The molecule has 0 radical (unpaired) electrons. The molecule has 0 spiro atoms. The molecule has 1 fully saturated rings. The van der Waals surface area contributed by atoms with Gasteiger partial charge in [0.05, 0.1) is 11.2 Å². The highest BCUT2D eigenvalue weighted by Crippen LogP contribution is 2.24. The Morgan fingerprint density at radius 1 is 1.44 bits per heavy atom. The van der Waals surface area contributed by atoms with E-state index in [4.69, 9.17) is 4.74 Å². The van der Waals surface area contributed by atoms with E-state index in [0.29, 0.717) is 6.61 Å². The lowest BCUT2D eigenvalue weighted by atomic mass is 9.94. The van der Waals surface area contributed by atoms with Gasteiger partial charge in [-0.05, 0) is 38.8 Å². The molecule has 1 unspecified atom stereocenters. The third-order valence-electron chi connectivity index (χ3n) is 3.15. The molecular weight excluding hydrogens is 233 g/mol. The van der Waals surface area contributed by atoms with E-state index >= 15 is 0 Å². The van der Waals surface area contributed by atoms with Crippen molar-refractivity contribution in [1.82, 2.24) is 5.32 Å². The fraction of sp³-hybridized carbons (Fsp3) is 0.500. The summed E-state index contributed by atoms with van der Waals surface area (Å²) >= 11 is 0. The fourth-order valence-electron chi connectivity index (χ4n) is 2.26. The van der Waals surface area contributed by atoms with Crippen LogP contribution >= 0.6 is 0 Å². The van der Waals surface area contributed by atoms with Gasteiger partial charge in [0.15, 0.2) is 0 Å². The smallest absolute Gasteiger partial charge is 0.254 e. The van der Waals surface area contributed by atoms with Crippen LogP contribution < -0.4 is 5.32 Å². The van der Waals surface area contributed by atoms with Gasteiger partial charge in [0.2, 0.25) is 0 Å². The summed E-state index contributed by atoms with van der Waals surface area (Å²) in [5.41, 5.74) is -0.132. The van der Waals surface area contributed by atoms with E-state index in [-0.39, 0.29) is 23.1 Å². The van der Waals surface area contributed by atoms with Crippen molar-refractivity contribution in [3.05, 3.63) is 35.6 Å². The third kappa shape index (κ3) is 3.07. The van der Waals surface area contributed by atoms with Crippen LogP contribution in [-0.2, 0) is 4.74 Å². The molecular formula is C14H18FNO2. The Hall–Kier alpha value is -1.42. The third-order valence-corrected chi connectivity index (χ3v) is 3.15. The Balaban J connectivity index is 2.02. The van der Waals surface area contributed by atoms with Crippen molar-refractivity contribution in [1.29, 1.82) is 0 Å². The summed E-state index contributed by atoms with van der Waals surface area (Å²) in [6.45, 7) is 4.61. The molecule has 18 heavy (non-hydrogen) atoms. The van der Waals surface area contributed by atoms with Crippen molar-refractivity contribution in [3.63, 3.8) is 0 Å². The lowest BCUT2D eigenvalue weighted by molar-refractivity contribution is -0.0615. The Morgan fingerprint density at radius 3 is 2.83 bits per heavy atom. The maximum Gasteiger partial charge on any atom is 0.254 e. The zero-order valence-corrected chi connectivity index (χ0v) is 10.7. The Morgan fingerprint density at radius 2 is 2.17 bits per heavy atom. The average Bonchev–Trinajstić information content (AvgIpc) is 2.28. The summed E-state index contributed by atoms with van der Waals surface area (Å²) in [7, 11) is 0. The van der Waals surface area contributed by atoms with Crippen LogP contribution in [0.25, 0.3) is 0 Å². The first kappa shape index (κ1) is 13.0. The van der Waals surface area contributed by atoms with Crippen molar-refractivity contribution in [3.8, 4) is 0 Å². The Kier molecular flexibility index (Phi) is 3.66. The first-order chi connectivity index (χ1) is 8.48. The largest absolute Gasteiger partial charge is 0.375 e. The van der Waals surface area contributed by atoms with Gasteiger partial charge in [-0.3, -0.25) is 4.79 Å². The van der Waals surface area contributed by atoms with Crippen LogP contribution in [0.1, 0.15) is 37.0 Å². The molecule has 1 aromatic carbocycles. The maximum absolute atomic E-state index is 13.5. The molecule has 1 aliphatic rings. The van der Waals surface area contributed by atoms with Gasteiger partial charge in [0.1, 0.15) is 5.82 Å². The first-order valence-corrected chi connectivity index (χ1v) is 6.17. The molecule has 0 bridgehead atoms. The number of halogens is 1. The Labute approximate surface area is 106 Å².